The van der Waals surface area contributed by atoms with Gasteiger partial charge in [0.15, 0.2) is 0 Å². The van der Waals surface area contributed by atoms with Crippen LogP contribution in [0.15, 0.2) is 58.2 Å². The fourth-order valence-electron chi connectivity index (χ4n) is 2.69. The molecule has 0 spiro atoms. The molecule has 8 heteroatoms. The van der Waals surface area contributed by atoms with Gasteiger partial charge in [0.05, 0.1) is 36.8 Å². The molecular formula is C20H19NO6S. The van der Waals surface area contributed by atoms with E-state index >= 15 is 0 Å². The lowest BCUT2D eigenvalue weighted by atomic mass is 10.1. The molecule has 7 nitrogen and oxygen atoms in total. The second-order valence-electron chi connectivity index (χ2n) is 5.86. The van der Waals surface area contributed by atoms with Crippen molar-refractivity contribution in [2.24, 2.45) is 0 Å². The third kappa shape index (κ3) is 4.64. The molecule has 0 atom stereocenters. The number of esters is 2. The number of benzene rings is 1. The Hall–Kier alpha value is -3.00. The predicted octanol–water partition coefficient (Wildman–Crippen LogP) is 3.08. The summed E-state index contributed by atoms with van der Waals surface area (Å²) in [5.74, 6) is -0.750. The monoisotopic (exact) mass is 401 g/mol. The highest BCUT2D eigenvalue weighted by atomic mass is 32.2. The van der Waals surface area contributed by atoms with Crippen LogP contribution in [0.5, 0.6) is 0 Å². The van der Waals surface area contributed by atoms with E-state index in [-0.39, 0.29) is 24.0 Å². The molecule has 1 saturated heterocycles. The Bertz CT molecular complexity index is 889. The smallest absolute Gasteiger partial charge is 0.374 e. The molecule has 1 aliphatic rings. The van der Waals surface area contributed by atoms with Crippen molar-refractivity contribution in [3.63, 3.8) is 0 Å². The Morgan fingerprint density at radius 3 is 2.79 bits per heavy atom. The van der Waals surface area contributed by atoms with E-state index in [1.165, 1.54) is 36.1 Å². The van der Waals surface area contributed by atoms with Crippen LogP contribution in [0.4, 0.5) is 0 Å². The van der Waals surface area contributed by atoms with Crippen LogP contribution < -0.4 is 0 Å². The Labute approximate surface area is 166 Å². The van der Waals surface area contributed by atoms with Gasteiger partial charge in [-0.1, -0.05) is 42.1 Å². The van der Waals surface area contributed by atoms with Gasteiger partial charge < -0.3 is 18.8 Å². The molecule has 1 amide bonds. The van der Waals surface area contributed by atoms with Crippen LogP contribution in [-0.4, -0.2) is 48.8 Å². The van der Waals surface area contributed by atoms with Crippen molar-refractivity contribution < 1.29 is 28.3 Å². The van der Waals surface area contributed by atoms with Crippen LogP contribution in [0, 0.1) is 0 Å². The summed E-state index contributed by atoms with van der Waals surface area (Å²) < 4.78 is 15.2. The number of hydrogen-bond donors (Lipinski definition) is 0. The van der Waals surface area contributed by atoms with Crippen molar-refractivity contribution in [1.29, 1.82) is 0 Å². The minimum atomic E-state index is -0.559. The Morgan fingerprint density at radius 2 is 2.04 bits per heavy atom. The van der Waals surface area contributed by atoms with E-state index in [1.54, 1.807) is 6.07 Å². The number of carbonyl (C=O) groups excluding carboxylic acids is 3. The van der Waals surface area contributed by atoms with Gasteiger partial charge in [-0.15, -0.1) is 0 Å². The zero-order chi connectivity index (χ0) is 19.9. The van der Waals surface area contributed by atoms with E-state index < -0.39 is 11.9 Å². The lowest BCUT2D eigenvalue weighted by molar-refractivity contribution is -0.134. The number of ether oxygens (including phenoxy) is 2. The zero-order valence-corrected chi connectivity index (χ0v) is 16.1. The second kappa shape index (κ2) is 9.27. The van der Waals surface area contributed by atoms with Crippen LogP contribution in [0.1, 0.15) is 17.0 Å². The minimum Gasteiger partial charge on any atom is -0.466 e. The van der Waals surface area contributed by atoms with Gasteiger partial charge in [0.1, 0.15) is 0 Å². The van der Waals surface area contributed by atoms with E-state index in [1.807, 2.05) is 30.3 Å². The first-order chi connectivity index (χ1) is 13.6. The van der Waals surface area contributed by atoms with Crippen molar-refractivity contribution in [3.8, 4) is 11.1 Å². The van der Waals surface area contributed by atoms with E-state index in [0.29, 0.717) is 23.6 Å². The molecular weight excluding hydrogens is 382 g/mol. The number of nitrogens with zero attached hydrogens (tertiary/aromatic N) is 1. The molecule has 1 aliphatic heterocycles. The van der Waals surface area contributed by atoms with E-state index in [2.05, 4.69) is 4.74 Å². The van der Waals surface area contributed by atoms with Crippen LogP contribution in [0.25, 0.3) is 11.1 Å². The Balaban J connectivity index is 1.54. The van der Waals surface area contributed by atoms with Crippen molar-refractivity contribution in [1.82, 2.24) is 4.90 Å². The molecule has 1 aromatic heterocycles. The lowest BCUT2D eigenvalue weighted by Gasteiger charge is -2.16. The van der Waals surface area contributed by atoms with Crippen LogP contribution in [-0.2, 0) is 19.1 Å². The molecule has 0 bridgehead atoms. The molecule has 1 fully saturated rings. The first-order valence-corrected chi connectivity index (χ1v) is 9.61. The summed E-state index contributed by atoms with van der Waals surface area (Å²) in [5, 5.41) is 0.542. The van der Waals surface area contributed by atoms with Gasteiger partial charge in [0.25, 0.3) is 0 Å². The van der Waals surface area contributed by atoms with Gasteiger partial charge in [-0.05, 0) is 18.1 Å². The summed E-state index contributed by atoms with van der Waals surface area (Å²) in [4.78, 5) is 37.2. The number of hydrogen-bond acceptors (Lipinski definition) is 7. The van der Waals surface area contributed by atoms with Crippen molar-refractivity contribution in [3.05, 3.63) is 59.5 Å². The first-order valence-electron chi connectivity index (χ1n) is 8.63. The predicted molar refractivity (Wildman–Crippen MR) is 103 cm³/mol. The summed E-state index contributed by atoms with van der Waals surface area (Å²) in [6.45, 7) is 0.458. The van der Waals surface area contributed by atoms with Gasteiger partial charge in [0.2, 0.25) is 11.7 Å². The van der Waals surface area contributed by atoms with E-state index in [0.717, 1.165) is 5.56 Å². The number of furan rings is 1. The Kier molecular flexibility index (Phi) is 6.54. The maximum atomic E-state index is 12.3. The molecule has 0 unspecified atom stereocenters. The van der Waals surface area contributed by atoms with Crippen molar-refractivity contribution >= 4 is 29.6 Å². The Morgan fingerprint density at radius 1 is 1.25 bits per heavy atom. The average Bonchev–Trinajstić information content (AvgIpc) is 3.33. The second-order valence-corrected chi connectivity index (χ2v) is 6.85. The molecule has 2 aromatic rings. The first kappa shape index (κ1) is 19.8. The van der Waals surface area contributed by atoms with E-state index in [9.17, 15) is 14.4 Å². The van der Waals surface area contributed by atoms with Gasteiger partial charge in [-0.3, -0.25) is 4.79 Å². The molecule has 2 heterocycles. The normalized spacial score (nSPS) is 15.1. The van der Waals surface area contributed by atoms with Gasteiger partial charge in [-0.2, -0.15) is 0 Å². The number of amides is 1. The topological polar surface area (TPSA) is 86.0 Å². The largest absolute Gasteiger partial charge is 0.466 e. The molecule has 0 saturated carbocycles. The number of rotatable bonds is 7. The average molecular weight is 401 g/mol. The molecule has 1 aromatic carbocycles. The molecule has 0 N–H and O–H groups in total. The summed E-state index contributed by atoms with van der Waals surface area (Å²) >= 11 is 1.28. The van der Waals surface area contributed by atoms with Crippen LogP contribution in [0.3, 0.4) is 0 Å². The number of methoxy groups -OCH3 is 1. The number of thioether (sulfide) groups is 1. The summed E-state index contributed by atoms with van der Waals surface area (Å²) in [7, 11) is 1.28. The standard InChI is InChI=1S/C20H19NO6S/c1-25-18(23)12-17-21(16(22)13-28-17)9-5-10-27-20(24)19-15(8-11-26-19)14-6-3-2-4-7-14/h2-4,6-8,11-12H,5,9-10,13H2,1H3/b17-12+. The molecule has 28 heavy (non-hydrogen) atoms. The van der Waals surface area contributed by atoms with Crippen LogP contribution in [0.2, 0.25) is 0 Å². The van der Waals surface area contributed by atoms with E-state index in [4.69, 9.17) is 9.15 Å². The highest BCUT2D eigenvalue weighted by Crippen LogP contribution is 2.29. The minimum absolute atomic E-state index is 0.0936. The zero-order valence-electron chi connectivity index (χ0n) is 15.3. The lowest BCUT2D eigenvalue weighted by Crippen LogP contribution is -2.27. The third-order valence-electron chi connectivity index (χ3n) is 4.05. The molecule has 0 radical (unpaired) electrons. The highest BCUT2D eigenvalue weighted by molar-refractivity contribution is 8.04. The summed E-state index contributed by atoms with van der Waals surface area (Å²) in [6.07, 6.45) is 3.16. The van der Waals surface area contributed by atoms with Gasteiger partial charge in [0, 0.05) is 12.1 Å². The molecule has 146 valence electrons. The van der Waals surface area contributed by atoms with Crippen LogP contribution >= 0.6 is 11.8 Å². The maximum Gasteiger partial charge on any atom is 0.374 e. The molecule has 3 rings (SSSR count). The molecule has 0 aliphatic carbocycles. The van der Waals surface area contributed by atoms with Gasteiger partial charge in [-0.25, -0.2) is 9.59 Å². The van der Waals surface area contributed by atoms with Crippen molar-refractivity contribution in [2.45, 2.75) is 6.42 Å². The quantitative estimate of drug-likeness (QED) is 0.400. The fraction of sp³-hybridized carbons (Fsp3) is 0.250. The summed E-state index contributed by atoms with van der Waals surface area (Å²) in [5.41, 5.74) is 1.53. The summed E-state index contributed by atoms with van der Waals surface area (Å²) in [6, 6.07) is 11.1. The fourth-order valence-corrected chi connectivity index (χ4v) is 3.65. The number of carbonyl (C=O) groups is 3. The SMILES string of the molecule is COC(=O)/C=C1/SCC(=O)N1CCCOC(=O)c1occc1-c1ccccc1. The third-order valence-corrected chi connectivity index (χ3v) is 5.07. The van der Waals surface area contributed by atoms with Crippen molar-refractivity contribution in [2.75, 3.05) is 26.0 Å². The maximum absolute atomic E-state index is 12.3. The van der Waals surface area contributed by atoms with Gasteiger partial charge >= 0.3 is 11.9 Å². The highest BCUT2D eigenvalue weighted by Gasteiger charge is 2.27.